The molecule has 0 saturated carbocycles. The first-order chi connectivity index (χ1) is 15.9. The second-order valence-corrected chi connectivity index (χ2v) is 8.09. The maximum atomic E-state index is 12.3. The van der Waals surface area contributed by atoms with Gasteiger partial charge in [0.15, 0.2) is 0 Å². The first-order valence-electron chi connectivity index (χ1n) is 11.1. The lowest BCUT2D eigenvalue weighted by molar-refractivity contribution is -0.130. The van der Waals surface area contributed by atoms with Crippen molar-refractivity contribution in [1.82, 2.24) is 20.2 Å². The Morgan fingerprint density at radius 1 is 1.21 bits per heavy atom. The Morgan fingerprint density at radius 2 is 1.97 bits per heavy atom. The van der Waals surface area contributed by atoms with Crippen molar-refractivity contribution in [1.29, 1.82) is 0 Å². The van der Waals surface area contributed by atoms with Crippen LogP contribution < -0.4 is 10.1 Å². The summed E-state index contributed by atoms with van der Waals surface area (Å²) in [5.41, 5.74) is 3.28. The van der Waals surface area contributed by atoms with Crippen LogP contribution in [0.4, 0.5) is 0 Å². The zero-order valence-electron chi connectivity index (χ0n) is 19.6. The molecule has 1 unspecified atom stereocenters. The van der Waals surface area contributed by atoms with Gasteiger partial charge in [-0.05, 0) is 43.7 Å². The molecule has 8 heteroatoms. The maximum absolute atomic E-state index is 12.3. The molecule has 3 aromatic rings. The van der Waals surface area contributed by atoms with Crippen molar-refractivity contribution >= 4 is 5.91 Å². The molecule has 8 nitrogen and oxygen atoms in total. The lowest BCUT2D eigenvalue weighted by atomic mass is 10.1. The molecule has 0 bridgehead atoms. The molecule has 0 aliphatic rings. The molecule has 0 fully saturated rings. The van der Waals surface area contributed by atoms with Gasteiger partial charge in [0, 0.05) is 50.2 Å². The highest BCUT2D eigenvalue weighted by Gasteiger charge is 2.25. The van der Waals surface area contributed by atoms with E-state index in [-0.39, 0.29) is 11.8 Å². The summed E-state index contributed by atoms with van der Waals surface area (Å²) in [7, 11) is 3.46. The second-order valence-electron chi connectivity index (χ2n) is 8.09. The van der Waals surface area contributed by atoms with Gasteiger partial charge in [0.25, 0.3) is 0 Å². The van der Waals surface area contributed by atoms with Crippen molar-refractivity contribution in [3.05, 3.63) is 66.0 Å². The zero-order valence-corrected chi connectivity index (χ0v) is 19.6. The molecule has 1 aromatic carbocycles. The number of hydrogen-bond acceptors (Lipinski definition) is 7. The number of aliphatic hydroxyl groups is 1. The average Bonchev–Trinajstić information content (AvgIpc) is 3.29. The van der Waals surface area contributed by atoms with Gasteiger partial charge >= 0.3 is 0 Å². The minimum absolute atomic E-state index is 0.0219. The largest absolute Gasteiger partial charge is 0.492 e. The predicted molar refractivity (Wildman–Crippen MR) is 126 cm³/mol. The molecule has 176 valence electrons. The van der Waals surface area contributed by atoms with Gasteiger partial charge in [-0.25, -0.2) is 4.98 Å². The van der Waals surface area contributed by atoms with E-state index in [4.69, 9.17) is 9.15 Å². The van der Waals surface area contributed by atoms with E-state index >= 15 is 0 Å². The molecule has 1 amide bonds. The fourth-order valence-corrected chi connectivity index (χ4v) is 3.34. The maximum Gasteiger partial charge on any atom is 0.234 e. The van der Waals surface area contributed by atoms with Crippen molar-refractivity contribution in [3.8, 4) is 17.0 Å². The number of amides is 1. The molecule has 2 atom stereocenters. The summed E-state index contributed by atoms with van der Waals surface area (Å²) in [5, 5.41) is 13.4. The SMILES string of the molecule is CCC(C(=O)N(C)C)c1nc(-c2ccc(OCCNC[C@H](O)c3ccc(C)nc3)cc2)co1. The molecule has 0 spiro atoms. The van der Waals surface area contributed by atoms with Crippen LogP contribution in [0.1, 0.15) is 42.5 Å². The van der Waals surface area contributed by atoms with Crippen molar-refractivity contribution in [3.63, 3.8) is 0 Å². The van der Waals surface area contributed by atoms with E-state index < -0.39 is 6.10 Å². The van der Waals surface area contributed by atoms with Crippen LogP contribution in [0, 0.1) is 6.92 Å². The molecule has 3 rings (SSSR count). The van der Waals surface area contributed by atoms with Gasteiger partial charge in [0.1, 0.15) is 30.2 Å². The third-order valence-corrected chi connectivity index (χ3v) is 5.32. The van der Waals surface area contributed by atoms with Gasteiger partial charge in [-0.2, -0.15) is 0 Å². The fourth-order valence-electron chi connectivity index (χ4n) is 3.34. The number of rotatable bonds is 11. The van der Waals surface area contributed by atoms with E-state index in [1.54, 1.807) is 31.5 Å². The van der Waals surface area contributed by atoms with Crippen molar-refractivity contribution < 1.29 is 19.1 Å². The molecule has 0 aliphatic carbocycles. The molecule has 0 radical (unpaired) electrons. The standard InChI is InChI=1S/C25H32N4O4/c1-5-21(25(31)29(3)4)24-28-22(16-33-24)18-8-10-20(11-9-18)32-13-12-26-15-23(30)19-7-6-17(2)27-14-19/h6-11,14,16,21,23,26,30H,5,12-13,15H2,1-4H3/t21?,23-/m0/s1. The van der Waals surface area contributed by atoms with E-state index in [2.05, 4.69) is 15.3 Å². The third kappa shape index (κ3) is 6.63. The lowest BCUT2D eigenvalue weighted by Gasteiger charge is -2.16. The van der Waals surface area contributed by atoms with Crippen LogP contribution in [0.5, 0.6) is 5.75 Å². The van der Waals surface area contributed by atoms with Crippen LogP contribution >= 0.6 is 0 Å². The Balaban J connectivity index is 1.46. The smallest absolute Gasteiger partial charge is 0.234 e. The number of likely N-dealkylation sites (N-methyl/N-ethyl adjacent to an activating group) is 1. The van der Waals surface area contributed by atoms with Gasteiger partial charge in [0.05, 0.1) is 6.10 Å². The van der Waals surface area contributed by atoms with Crippen LogP contribution in [-0.2, 0) is 4.79 Å². The van der Waals surface area contributed by atoms with Crippen molar-refractivity contribution in [2.24, 2.45) is 0 Å². The molecule has 2 aromatic heterocycles. The number of aromatic nitrogens is 2. The number of nitrogens with zero attached hydrogens (tertiary/aromatic N) is 3. The highest BCUT2D eigenvalue weighted by molar-refractivity contribution is 5.82. The molecule has 0 saturated heterocycles. The molecular formula is C25H32N4O4. The molecular weight excluding hydrogens is 420 g/mol. The Kier molecular flexibility index (Phi) is 8.57. The van der Waals surface area contributed by atoms with Crippen LogP contribution in [0.3, 0.4) is 0 Å². The summed E-state index contributed by atoms with van der Waals surface area (Å²) in [6.07, 6.45) is 3.29. The summed E-state index contributed by atoms with van der Waals surface area (Å²) in [5.74, 6) is 0.763. The highest BCUT2D eigenvalue weighted by Crippen LogP contribution is 2.26. The van der Waals surface area contributed by atoms with E-state index in [0.29, 0.717) is 37.7 Å². The number of benzene rings is 1. The summed E-state index contributed by atoms with van der Waals surface area (Å²) < 4.78 is 11.4. The zero-order chi connectivity index (χ0) is 23.8. The number of nitrogens with one attached hydrogen (secondary N) is 1. The Hall–Kier alpha value is -3.23. The summed E-state index contributed by atoms with van der Waals surface area (Å²) in [6, 6.07) is 11.3. The van der Waals surface area contributed by atoms with Gasteiger partial charge in [-0.3, -0.25) is 9.78 Å². The van der Waals surface area contributed by atoms with Gasteiger partial charge in [-0.15, -0.1) is 0 Å². The summed E-state index contributed by atoms with van der Waals surface area (Å²) in [6.45, 7) is 5.35. The lowest BCUT2D eigenvalue weighted by Crippen LogP contribution is -2.28. The number of ether oxygens (including phenoxy) is 1. The van der Waals surface area contributed by atoms with E-state index in [1.807, 2.05) is 50.2 Å². The predicted octanol–water partition coefficient (Wildman–Crippen LogP) is 3.33. The summed E-state index contributed by atoms with van der Waals surface area (Å²) >= 11 is 0. The average molecular weight is 453 g/mol. The fraction of sp³-hybridized carbons (Fsp3) is 0.400. The second kappa shape index (κ2) is 11.6. The van der Waals surface area contributed by atoms with E-state index in [0.717, 1.165) is 22.6 Å². The van der Waals surface area contributed by atoms with Gasteiger partial charge < -0.3 is 24.5 Å². The number of pyridine rings is 1. The van der Waals surface area contributed by atoms with Crippen LogP contribution in [0.2, 0.25) is 0 Å². The first-order valence-corrected chi connectivity index (χ1v) is 11.1. The third-order valence-electron chi connectivity index (χ3n) is 5.32. The van der Waals surface area contributed by atoms with Crippen LogP contribution in [-0.4, -0.2) is 59.7 Å². The molecule has 2 N–H and O–H groups in total. The number of carbonyl (C=O) groups excluding carboxylic acids is 1. The summed E-state index contributed by atoms with van der Waals surface area (Å²) in [4.78, 5) is 22.6. The molecule has 2 heterocycles. The Labute approximate surface area is 194 Å². The Morgan fingerprint density at radius 3 is 2.61 bits per heavy atom. The minimum atomic E-state index is -0.606. The number of oxazole rings is 1. The molecule has 0 aliphatic heterocycles. The quantitative estimate of drug-likeness (QED) is 0.430. The van der Waals surface area contributed by atoms with E-state index in [9.17, 15) is 9.90 Å². The van der Waals surface area contributed by atoms with Crippen molar-refractivity contribution in [2.45, 2.75) is 32.3 Å². The van der Waals surface area contributed by atoms with Crippen molar-refractivity contribution in [2.75, 3.05) is 33.8 Å². The monoisotopic (exact) mass is 452 g/mol. The normalized spacial score (nSPS) is 12.9. The van der Waals surface area contributed by atoms with Gasteiger partial charge in [0.2, 0.25) is 11.8 Å². The number of hydrogen-bond donors (Lipinski definition) is 2. The van der Waals surface area contributed by atoms with E-state index in [1.165, 1.54) is 0 Å². The topological polar surface area (TPSA) is 101 Å². The highest BCUT2D eigenvalue weighted by atomic mass is 16.5. The number of aryl methyl sites for hydroxylation is 1. The first kappa shape index (κ1) is 24.4. The number of carbonyl (C=O) groups is 1. The molecule has 33 heavy (non-hydrogen) atoms. The van der Waals surface area contributed by atoms with Gasteiger partial charge in [-0.1, -0.05) is 13.0 Å². The minimum Gasteiger partial charge on any atom is -0.492 e. The van der Waals surface area contributed by atoms with Crippen LogP contribution in [0.15, 0.2) is 53.3 Å². The van der Waals surface area contributed by atoms with Crippen LogP contribution in [0.25, 0.3) is 11.3 Å². The Bertz CT molecular complexity index is 1020. The number of aliphatic hydroxyl groups excluding tert-OH is 1.